The summed E-state index contributed by atoms with van der Waals surface area (Å²) in [6.07, 6.45) is 0.929. The standard InChI is InChI=1S/C18H17Cl3O2/c1-4-11(2)12(3)22-18-10-14(20)6-8-17(18)23-16-7-5-13(19)9-15(16)21/h5-11H,3-4H2,1-2H3. The molecule has 0 saturated heterocycles. The van der Waals surface area contributed by atoms with Crippen molar-refractivity contribution in [3.8, 4) is 17.2 Å². The second kappa shape index (κ2) is 7.96. The Bertz CT molecular complexity index is 713. The van der Waals surface area contributed by atoms with Crippen molar-refractivity contribution in [2.24, 2.45) is 5.92 Å². The molecular weight excluding hydrogens is 355 g/mol. The highest BCUT2D eigenvalue weighted by Gasteiger charge is 2.14. The van der Waals surface area contributed by atoms with Gasteiger partial charge in [0.25, 0.3) is 0 Å². The molecule has 0 aliphatic carbocycles. The SMILES string of the molecule is C=C(Oc1cc(Cl)ccc1Oc1ccc(Cl)cc1Cl)C(C)CC. The van der Waals surface area contributed by atoms with Gasteiger partial charge in [0.1, 0.15) is 5.75 Å². The van der Waals surface area contributed by atoms with E-state index in [9.17, 15) is 0 Å². The van der Waals surface area contributed by atoms with Crippen LogP contribution in [0.5, 0.6) is 17.2 Å². The average Bonchev–Trinajstić information content (AvgIpc) is 2.51. The van der Waals surface area contributed by atoms with Crippen molar-refractivity contribution in [2.45, 2.75) is 20.3 Å². The van der Waals surface area contributed by atoms with E-state index in [2.05, 4.69) is 13.5 Å². The summed E-state index contributed by atoms with van der Waals surface area (Å²) in [5.41, 5.74) is 0. The zero-order chi connectivity index (χ0) is 17.0. The molecule has 0 aromatic heterocycles. The van der Waals surface area contributed by atoms with Crippen LogP contribution in [-0.2, 0) is 0 Å². The Morgan fingerprint density at radius 1 is 1.00 bits per heavy atom. The summed E-state index contributed by atoms with van der Waals surface area (Å²) in [6.45, 7) is 8.08. The summed E-state index contributed by atoms with van der Waals surface area (Å²) < 4.78 is 11.7. The highest BCUT2D eigenvalue weighted by atomic mass is 35.5. The Morgan fingerprint density at radius 2 is 1.61 bits per heavy atom. The van der Waals surface area contributed by atoms with Gasteiger partial charge in [-0.15, -0.1) is 0 Å². The fourth-order valence-corrected chi connectivity index (χ4v) is 2.40. The van der Waals surface area contributed by atoms with Crippen molar-refractivity contribution < 1.29 is 9.47 Å². The number of rotatable bonds is 6. The minimum absolute atomic E-state index is 0.223. The topological polar surface area (TPSA) is 18.5 Å². The van der Waals surface area contributed by atoms with Crippen molar-refractivity contribution in [3.05, 3.63) is 63.8 Å². The first-order valence-corrected chi connectivity index (χ1v) is 8.33. The van der Waals surface area contributed by atoms with Gasteiger partial charge in [-0.2, -0.15) is 0 Å². The van der Waals surface area contributed by atoms with Gasteiger partial charge >= 0.3 is 0 Å². The Hall–Kier alpha value is -1.35. The maximum absolute atomic E-state index is 6.15. The molecular formula is C18H17Cl3O2. The van der Waals surface area contributed by atoms with Crippen LogP contribution >= 0.6 is 34.8 Å². The zero-order valence-electron chi connectivity index (χ0n) is 12.9. The molecule has 0 N–H and O–H groups in total. The van der Waals surface area contributed by atoms with Gasteiger partial charge in [-0.3, -0.25) is 0 Å². The van der Waals surface area contributed by atoms with Crippen LogP contribution in [-0.4, -0.2) is 0 Å². The lowest BCUT2D eigenvalue weighted by Crippen LogP contribution is -2.04. The molecule has 1 unspecified atom stereocenters. The third kappa shape index (κ3) is 4.81. The van der Waals surface area contributed by atoms with Gasteiger partial charge < -0.3 is 9.47 Å². The van der Waals surface area contributed by atoms with E-state index < -0.39 is 0 Å². The van der Waals surface area contributed by atoms with Gasteiger partial charge in [-0.05, 0) is 36.8 Å². The van der Waals surface area contributed by atoms with E-state index in [1.165, 1.54) is 0 Å². The molecule has 122 valence electrons. The van der Waals surface area contributed by atoms with Crippen molar-refractivity contribution in [1.29, 1.82) is 0 Å². The Labute approximate surface area is 151 Å². The highest BCUT2D eigenvalue weighted by Crippen LogP contribution is 2.38. The van der Waals surface area contributed by atoms with Crippen LogP contribution in [0, 0.1) is 5.92 Å². The second-order valence-corrected chi connectivity index (χ2v) is 6.43. The Balaban J connectivity index is 2.29. The Kier molecular flexibility index (Phi) is 6.23. The summed E-state index contributed by atoms with van der Waals surface area (Å²) in [4.78, 5) is 0. The van der Waals surface area contributed by atoms with Gasteiger partial charge in [0.2, 0.25) is 0 Å². The molecule has 2 nitrogen and oxygen atoms in total. The van der Waals surface area contributed by atoms with Gasteiger partial charge in [-0.25, -0.2) is 0 Å². The first-order valence-electron chi connectivity index (χ1n) is 7.19. The van der Waals surface area contributed by atoms with Gasteiger partial charge in [-0.1, -0.05) is 55.2 Å². The smallest absolute Gasteiger partial charge is 0.170 e. The normalized spacial score (nSPS) is 11.9. The first-order chi connectivity index (χ1) is 10.9. The summed E-state index contributed by atoms with van der Waals surface area (Å²) in [5.74, 6) is 2.36. The summed E-state index contributed by atoms with van der Waals surface area (Å²) >= 11 is 18.1. The lowest BCUT2D eigenvalue weighted by Gasteiger charge is -2.17. The molecule has 0 aliphatic rings. The van der Waals surface area contributed by atoms with Crippen LogP contribution in [0.3, 0.4) is 0 Å². The van der Waals surface area contributed by atoms with Crippen molar-refractivity contribution in [1.82, 2.24) is 0 Å². The predicted octanol–water partition coefficient (Wildman–Crippen LogP) is 7.38. The van der Waals surface area contributed by atoms with E-state index in [1.807, 2.05) is 6.92 Å². The maximum Gasteiger partial charge on any atom is 0.170 e. The van der Waals surface area contributed by atoms with Crippen LogP contribution in [0.25, 0.3) is 0 Å². The van der Waals surface area contributed by atoms with Crippen molar-refractivity contribution in [2.75, 3.05) is 0 Å². The Morgan fingerprint density at radius 3 is 2.22 bits per heavy atom. The van der Waals surface area contributed by atoms with E-state index in [-0.39, 0.29) is 5.92 Å². The van der Waals surface area contributed by atoms with Crippen LogP contribution in [0.1, 0.15) is 20.3 Å². The fourth-order valence-electron chi connectivity index (χ4n) is 1.79. The molecule has 2 aromatic carbocycles. The minimum atomic E-state index is 0.223. The maximum atomic E-state index is 6.15. The van der Waals surface area contributed by atoms with E-state index in [4.69, 9.17) is 44.3 Å². The largest absolute Gasteiger partial charge is 0.458 e. The lowest BCUT2D eigenvalue weighted by atomic mass is 10.1. The second-order valence-electron chi connectivity index (χ2n) is 5.15. The third-order valence-corrected chi connectivity index (χ3v) is 4.19. The van der Waals surface area contributed by atoms with Gasteiger partial charge in [0, 0.05) is 22.0 Å². The number of benzene rings is 2. The molecule has 0 heterocycles. The van der Waals surface area contributed by atoms with Crippen molar-refractivity contribution >= 4 is 34.8 Å². The minimum Gasteiger partial charge on any atom is -0.458 e. The summed E-state index contributed by atoms with van der Waals surface area (Å²) in [7, 11) is 0. The van der Waals surface area contributed by atoms with Crippen LogP contribution in [0.2, 0.25) is 15.1 Å². The highest BCUT2D eigenvalue weighted by molar-refractivity contribution is 6.35. The van der Waals surface area contributed by atoms with E-state index in [0.717, 1.165) is 6.42 Å². The third-order valence-electron chi connectivity index (χ3n) is 3.42. The molecule has 0 aliphatic heterocycles. The molecule has 5 heteroatoms. The van der Waals surface area contributed by atoms with Crippen molar-refractivity contribution in [3.63, 3.8) is 0 Å². The number of ether oxygens (including phenoxy) is 2. The summed E-state index contributed by atoms with van der Waals surface area (Å²) in [5, 5.41) is 1.51. The van der Waals surface area contributed by atoms with Crippen LogP contribution in [0.15, 0.2) is 48.7 Å². The molecule has 0 radical (unpaired) electrons. The first kappa shape index (κ1) is 18.0. The van der Waals surface area contributed by atoms with E-state index in [0.29, 0.717) is 38.1 Å². The molecule has 0 fully saturated rings. The fraction of sp³-hybridized carbons (Fsp3) is 0.222. The zero-order valence-corrected chi connectivity index (χ0v) is 15.2. The van der Waals surface area contributed by atoms with Gasteiger partial charge in [0.05, 0.1) is 10.8 Å². The molecule has 1 atom stereocenters. The van der Waals surface area contributed by atoms with E-state index in [1.54, 1.807) is 36.4 Å². The molecule has 23 heavy (non-hydrogen) atoms. The number of hydrogen-bond donors (Lipinski definition) is 0. The molecule has 2 aromatic rings. The monoisotopic (exact) mass is 370 g/mol. The quantitative estimate of drug-likeness (QED) is 0.493. The number of hydrogen-bond acceptors (Lipinski definition) is 2. The molecule has 0 amide bonds. The number of allylic oxidation sites excluding steroid dienone is 1. The molecule has 0 saturated carbocycles. The molecule has 0 bridgehead atoms. The number of halogens is 3. The average molecular weight is 372 g/mol. The van der Waals surface area contributed by atoms with Crippen LogP contribution < -0.4 is 9.47 Å². The lowest BCUT2D eigenvalue weighted by molar-refractivity contribution is 0.337. The predicted molar refractivity (Wildman–Crippen MR) is 97.2 cm³/mol. The molecule has 2 rings (SSSR count). The van der Waals surface area contributed by atoms with Gasteiger partial charge in [0.15, 0.2) is 11.5 Å². The summed E-state index contributed by atoms with van der Waals surface area (Å²) in [6, 6.07) is 10.2. The van der Waals surface area contributed by atoms with E-state index >= 15 is 0 Å². The van der Waals surface area contributed by atoms with Crippen LogP contribution in [0.4, 0.5) is 0 Å². The molecule has 0 spiro atoms.